The molecule has 0 bridgehead atoms. The van der Waals surface area contributed by atoms with Crippen molar-refractivity contribution in [3.8, 4) is 17.5 Å². The van der Waals surface area contributed by atoms with Crippen LogP contribution in [-0.4, -0.2) is 52.4 Å². The summed E-state index contributed by atoms with van der Waals surface area (Å²) in [6.45, 7) is 7.94. The molecule has 0 aromatic carbocycles. The summed E-state index contributed by atoms with van der Waals surface area (Å²) < 4.78 is 6.94. The van der Waals surface area contributed by atoms with E-state index in [0.29, 0.717) is 16.5 Å². The molecular weight excluding hydrogens is 394 g/mol. The van der Waals surface area contributed by atoms with Gasteiger partial charge in [0, 0.05) is 0 Å². The maximum Gasteiger partial charge on any atom is 0.235 e. The van der Waals surface area contributed by atoms with Crippen molar-refractivity contribution < 1.29 is 19.3 Å². The van der Waals surface area contributed by atoms with Gasteiger partial charge in [0.25, 0.3) is 0 Å². The van der Waals surface area contributed by atoms with Crippen molar-refractivity contribution in [3.05, 3.63) is 45.7 Å². The highest BCUT2D eigenvalue weighted by molar-refractivity contribution is 7.17. The predicted molar refractivity (Wildman–Crippen MR) is 108 cm³/mol. The van der Waals surface area contributed by atoms with E-state index in [2.05, 4.69) is 34.5 Å². The van der Waals surface area contributed by atoms with Crippen molar-refractivity contribution in [1.82, 2.24) is 14.6 Å². The van der Waals surface area contributed by atoms with Crippen molar-refractivity contribution in [1.29, 1.82) is 0 Å². The molecule has 0 amide bonds. The Morgan fingerprint density at radius 2 is 2.11 bits per heavy atom. The molecule has 28 heavy (non-hydrogen) atoms. The summed E-state index contributed by atoms with van der Waals surface area (Å²) in [6, 6.07) is 8.02. The largest absolute Gasteiger partial charge is 0.492 e. The van der Waals surface area contributed by atoms with E-state index in [-0.39, 0.29) is 11.9 Å². The highest BCUT2D eigenvalue weighted by Gasteiger charge is 2.36. The Morgan fingerprint density at radius 3 is 2.75 bits per heavy atom. The smallest absolute Gasteiger partial charge is 0.235 e. The first-order valence-corrected chi connectivity index (χ1v) is 11.3. The standard InChI is InChI=1S/C19H21N5O2S2/c1-2-22-7-9-23(10-8-22)15(14-6-4-12-27-14)16-18(25)24-19(28-16)20-17(21-24)13-5-3-11-26-13/h3-6,11-12,15,25H,2,7-10H2,1H3/p+2/t15-/m1/s1. The maximum absolute atomic E-state index is 11.0. The Hall–Kier alpha value is -2.20. The van der Waals surface area contributed by atoms with Crippen LogP contribution in [0, 0.1) is 0 Å². The van der Waals surface area contributed by atoms with Gasteiger partial charge in [0.1, 0.15) is 31.1 Å². The summed E-state index contributed by atoms with van der Waals surface area (Å²) in [6.07, 6.45) is 1.60. The molecule has 1 aliphatic heterocycles. The van der Waals surface area contributed by atoms with Crippen LogP contribution in [-0.2, 0) is 0 Å². The number of fused-ring (bicyclic) bond motifs is 1. The average molecular weight is 418 g/mol. The monoisotopic (exact) mass is 417 g/mol. The predicted octanol–water partition coefficient (Wildman–Crippen LogP) is 0.711. The fourth-order valence-corrected chi connectivity index (χ4v) is 6.09. The molecule has 1 fully saturated rings. The summed E-state index contributed by atoms with van der Waals surface area (Å²) in [5, 5.41) is 17.6. The van der Waals surface area contributed by atoms with Gasteiger partial charge in [-0.25, -0.2) is 0 Å². The summed E-state index contributed by atoms with van der Waals surface area (Å²) in [7, 11) is 0. The van der Waals surface area contributed by atoms with Crippen LogP contribution in [0.3, 0.4) is 0 Å². The van der Waals surface area contributed by atoms with Crippen LogP contribution in [0.25, 0.3) is 16.5 Å². The van der Waals surface area contributed by atoms with Gasteiger partial charge in [0.2, 0.25) is 16.7 Å². The molecule has 0 saturated carbocycles. The molecule has 146 valence electrons. The number of aromatic nitrogens is 3. The molecule has 0 radical (unpaired) electrons. The lowest BCUT2D eigenvalue weighted by Crippen LogP contribution is -3.28. The highest BCUT2D eigenvalue weighted by Crippen LogP contribution is 2.37. The van der Waals surface area contributed by atoms with E-state index < -0.39 is 0 Å². The molecule has 0 spiro atoms. The lowest BCUT2D eigenvalue weighted by Gasteiger charge is -2.33. The minimum atomic E-state index is 0.124. The van der Waals surface area contributed by atoms with Crippen LogP contribution in [0.15, 0.2) is 40.3 Å². The molecule has 0 aliphatic carbocycles. The lowest BCUT2D eigenvalue weighted by atomic mass is 10.1. The number of piperazine rings is 1. The maximum atomic E-state index is 11.0. The third kappa shape index (κ3) is 3.04. The number of thiazole rings is 1. The minimum Gasteiger partial charge on any atom is -0.492 e. The van der Waals surface area contributed by atoms with Gasteiger partial charge < -0.3 is 19.3 Å². The van der Waals surface area contributed by atoms with Crippen LogP contribution >= 0.6 is 22.7 Å². The fraction of sp³-hybridized carbons (Fsp3) is 0.368. The molecule has 4 aromatic heterocycles. The zero-order chi connectivity index (χ0) is 19.1. The lowest BCUT2D eigenvalue weighted by molar-refractivity contribution is -1.02. The third-order valence-corrected chi connectivity index (χ3v) is 7.56. The summed E-state index contributed by atoms with van der Waals surface area (Å²) in [5.41, 5.74) is 0. The number of nitrogens with one attached hydrogen (secondary N) is 2. The molecule has 4 aromatic rings. The molecule has 1 atom stereocenters. The number of rotatable bonds is 5. The number of hydrogen-bond donors (Lipinski definition) is 3. The van der Waals surface area contributed by atoms with Crippen LogP contribution in [0.1, 0.15) is 22.7 Å². The Kier molecular flexibility index (Phi) is 4.67. The number of hydrogen-bond acceptors (Lipinski definition) is 6. The van der Waals surface area contributed by atoms with Crippen LogP contribution < -0.4 is 9.80 Å². The number of thiophene rings is 1. The number of nitrogens with zero attached hydrogens (tertiary/aromatic N) is 3. The van der Waals surface area contributed by atoms with Crippen molar-refractivity contribution in [2.24, 2.45) is 0 Å². The topological polar surface area (TPSA) is 72.4 Å². The molecule has 7 nitrogen and oxygen atoms in total. The van der Waals surface area contributed by atoms with E-state index in [9.17, 15) is 5.11 Å². The Balaban J connectivity index is 1.53. The second-order valence-electron chi connectivity index (χ2n) is 7.11. The second kappa shape index (κ2) is 7.32. The molecule has 9 heteroatoms. The minimum absolute atomic E-state index is 0.124. The third-order valence-electron chi connectivity index (χ3n) is 5.54. The van der Waals surface area contributed by atoms with Gasteiger partial charge in [-0.05, 0) is 30.5 Å². The van der Waals surface area contributed by atoms with Gasteiger partial charge >= 0.3 is 0 Å². The van der Waals surface area contributed by atoms with Gasteiger partial charge in [-0.1, -0.05) is 17.4 Å². The Labute approximate surface area is 170 Å². The van der Waals surface area contributed by atoms with E-state index in [1.54, 1.807) is 27.0 Å². The molecule has 0 unspecified atom stereocenters. The Bertz CT molecular complexity index is 1050. The quantitative estimate of drug-likeness (QED) is 0.447. The molecule has 1 saturated heterocycles. The van der Waals surface area contributed by atoms with Gasteiger partial charge in [0.05, 0.1) is 17.7 Å². The Morgan fingerprint density at radius 1 is 1.25 bits per heavy atom. The average Bonchev–Trinajstić information content (AvgIpc) is 3.50. The van der Waals surface area contributed by atoms with E-state index in [0.717, 1.165) is 31.1 Å². The first-order chi connectivity index (χ1) is 13.7. The summed E-state index contributed by atoms with van der Waals surface area (Å²) in [5.74, 6) is 1.30. The van der Waals surface area contributed by atoms with E-state index in [1.165, 1.54) is 27.7 Å². The molecular formula is C19H23N5O2S2+2. The van der Waals surface area contributed by atoms with Crippen LogP contribution in [0.4, 0.5) is 0 Å². The zero-order valence-electron chi connectivity index (χ0n) is 15.6. The van der Waals surface area contributed by atoms with E-state index in [1.807, 2.05) is 12.1 Å². The van der Waals surface area contributed by atoms with E-state index >= 15 is 0 Å². The van der Waals surface area contributed by atoms with Crippen LogP contribution in [0.2, 0.25) is 0 Å². The molecule has 1 aliphatic rings. The van der Waals surface area contributed by atoms with E-state index in [4.69, 9.17) is 4.42 Å². The first kappa shape index (κ1) is 17.9. The SMILES string of the molecule is CC[NH+]1CC[NH+]([C@H](c2cccs2)c2sc3nc(-c4ccco4)nn3c2O)CC1. The van der Waals surface area contributed by atoms with Crippen molar-refractivity contribution in [2.75, 3.05) is 32.7 Å². The number of aromatic hydroxyl groups is 1. The zero-order valence-corrected chi connectivity index (χ0v) is 17.2. The second-order valence-corrected chi connectivity index (χ2v) is 9.10. The normalized spacial score (nSPS) is 21.3. The van der Waals surface area contributed by atoms with Gasteiger partial charge in [0.15, 0.2) is 11.8 Å². The van der Waals surface area contributed by atoms with Gasteiger partial charge in [-0.3, -0.25) is 0 Å². The van der Waals surface area contributed by atoms with Gasteiger partial charge in [-0.15, -0.1) is 16.4 Å². The van der Waals surface area contributed by atoms with Gasteiger partial charge in [-0.2, -0.15) is 9.50 Å². The van der Waals surface area contributed by atoms with Crippen molar-refractivity contribution >= 4 is 27.6 Å². The van der Waals surface area contributed by atoms with Crippen molar-refractivity contribution in [3.63, 3.8) is 0 Å². The van der Waals surface area contributed by atoms with Crippen molar-refractivity contribution in [2.45, 2.75) is 13.0 Å². The summed E-state index contributed by atoms with van der Waals surface area (Å²) in [4.78, 5) is 10.7. The number of likely N-dealkylation sites (N-methyl/N-ethyl adjacent to an activating group) is 1. The first-order valence-electron chi connectivity index (χ1n) is 9.58. The number of furan rings is 1. The molecule has 3 N–H and O–H groups in total. The highest BCUT2D eigenvalue weighted by atomic mass is 32.1. The number of quaternary nitrogens is 2. The summed E-state index contributed by atoms with van der Waals surface area (Å²) >= 11 is 3.28. The fourth-order valence-electron chi connectivity index (χ4n) is 3.99. The van der Waals surface area contributed by atoms with Crippen LogP contribution in [0.5, 0.6) is 5.88 Å². The molecule has 5 rings (SSSR count). The molecule has 5 heterocycles.